The van der Waals surface area contributed by atoms with Gasteiger partial charge in [-0.25, -0.2) is 0 Å². The van der Waals surface area contributed by atoms with Gasteiger partial charge < -0.3 is 15.4 Å². The van der Waals surface area contributed by atoms with Crippen molar-refractivity contribution in [2.75, 3.05) is 23.8 Å². The Morgan fingerprint density at radius 2 is 2.00 bits per heavy atom. The molecule has 0 radical (unpaired) electrons. The summed E-state index contributed by atoms with van der Waals surface area (Å²) in [6.07, 6.45) is 0. The predicted molar refractivity (Wildman–Crippen MR) is 98.6 cm³/mol. The molecule has 0 saturated carbocycles. The Labute approximate surface area is 151 Å². The molecule has 1 amide bonds. The maximum absolute atomic E-state index is 11.1. The number of hydrogen-bond donors (Lipinski definition) is 2. The summed E-state index contributed by atoms with van der Waals surface area (Å²) < 4.78 is 7.33. The lowest BCUT2D eigenvalue weighted by Crippen LogP contribution is -2.15. The van der Waals surface area contributed by atoms with Crippen molar-refractivity contribution >= 4 is 17.5 Å². The standard InChI is InChI=1S/C18H20N6O2/c1-13-6-8-16(9-7-13)24-18(21-22-23-24)19-10-11-26-17-5-3-4-15(12-17)20-14(2)25/h3-9,12H,10-11H2,1-2H3,(H,20,25)(H,19,21,23). The first-order valence-corrected chi connectivity index (χ1v) is 8.21. The number of nitrogens with one attached hydrogen (secondary N) is 2. The molecular weight excluding hydrogens is 332 g/mol. The van der Waals surface area contributed by atoms with E-state index in [4.69, 9.17) is 4.74 Å². The molecule has 3 aromatic rings. The highest BCUT2D eigenvalue weighted by Gasteiger charge is 2.07. The van der Waals surface area contributed by atoms with Gasteiger partial charge in [-0.3, -0.25) is 4.79 Å². The Balaban J connectivity index is 1.54. The zero-order chi connectivity index (χ0) is 18.4. The molecule has 134 valence electrons. The van der Waals surface area contributed by atoms with Crippen molar-refractivity contribution < 1.29 is 9.53 Å². The Hall–Kier alpha value is -3.42. The maximum Gasteiger partial charge on any atom is 0.247 e. The monoisotopic (exact) mass is 352 g/mol. The fourth-order valence-electron chi connectivity index (χ4n) is 2.36. The van der Waals surface area contributed by atoms with E-state index in [0.29, 0.717) is 30.5 Å². The quantitative estimate of drug-likeness (QED) is 0.634. The topological polar surface area (TPSA) is 94.0 Å². The van der Waals surface area contributed by atoms with Gasteiger partial charge in [0.15, 0.2) is 0 Å². The third-order valence-corrected chi connectivity index (χ3v) is 3.56. The largest absolute Gasteiger partial charge is 0.492 e. The Morgan fingerprint density at radius 1 is 1.19 bits per heavy atom. The fourth-order valence-corrected chi connectivity index (χ4v) is 2.36. The first-order valence-electron chi connectivity index (χ1n) is 8.21. The molecule has 8 heteroatoms. The molecule has 26 heavy (non-hydrogen) atoms. The number of amides is 1. The smallest absolute Gasteiger partial charge is 0.247 e. The van der Waals surface area contributed by atoms with Gasteiger partial charge in [-0.15, -0.1) is 0 Å². The summed E-state index contributed by atoms with van der Waals surface area (Å²) in [4.78, 5) is 11.1. The molecule has 1 aromatic heterocycles. The van der Waals surface area contributed by atoms with Gasteiger partial charge in [0.1, 0.15) is 12.4 Å². The Morgan fingerprint density at radius 3 is 2.77 bits per heavy atom. The van der Waals surface area contributed by atoms with Crippen LogP contribution in [0.5, 0.6) is 5.75 Å². The molecule has 0 unspecified atom stereocenters. The van der Waals surface area contributed by atoms with Gasteiger partial charge in [-0.2, -0.15) is 4.68 Å². The first kappa shape index (κ1) is 17.4. The van der Waals surface area contributed by atoms with E-state index in [-0.39, 0.29) is 5.91 Å². The minimum absolute atomic E-state index is 0.119. The number of carbonyl (C=O) groups excluding carboxylic acids is 1. The van der Waals surface area contributed by atoms with Gasteiger partial charge in [0.25, 0.3) is 0 Å². The molecule has 0 atom stereocenters. The van der Waals surface area contributed by atoms with Crippen molar-refractivity contribution in [2.45, 2.75) is 13.8 Å². The summed E-state index contributed by atoms with van der Waals surface area (Å²) in [7, 11) is 0. The van der Waals surface area contributed by atoms with E-state index in [0.717, 1.165) is 5.69 Å². The summed E-state index contributed by atoms with van der Waals surface area (Å²) in [6, 6.07) is 15.2. The number of carbonyl (C=O) groups is 1. The molecule has 0 aliphatic rings. The SMILES string of the molecule is CC(=O)Nc1cccc(OCCNc2nnnn2-c2ccc(C)cc2)c1. The second kappa shape index (κ2) is 8.11. The third-order valence-electron chi connectivity index (χ3n) is 3.56. The summed E-state index contributed by atoms with van der Waals surface area (Å²) >= 11 is 0. The van der Waals surface area contributed by atoms with Crippen molar-refractivity contribution in [3.05, 3.63) is 54.1 Å². The van der Waals surface area contributed by atoms with E-state index in [1.54, 1.807) is 10.7 Å². The zero-order valence-corrected chi connectivity index (χ0v) is 14.6. The molecule has 8 nitrogen and oxygen atoms in total. The van der Waals surface area contributed by atoms with Gasteiger partial charge in [-0.1, -0.05) is 28.9 Å². The summed E-state index contributed by atoms with van der Waals surface area (Å²) in [5, 5.41) is 17.6. The number of hydrogen-bond acceptors (Lipinski definition) is 6. The van der Waals surface area contributed by atoms with Crippen LogP contribution in [0.4, 0.5) is 11.6 Å². The van der Waals surface area contributed by atoms with Gasteiger partial charge in [0.2, 0.25) is 11.9 Å². The average molecular weight is 352 g/mol. The van der Waals surface area contributed by atoms with Crippen LogP contribution in [0.15, 0.2) is 48.5 Å². The normalized spacial score (nSPS) is 10.4. The summed E-state index contributed by atoms with van der Waals surface area (Å²) in [6.45, 7) is 4.44. The molecule has 0 aliphatic carbocycles. The van der Waals surface area contributed by atoms with Crippen molar-refractivity contribution in [3.63, 3.8) is 0 Å². The Kier molecular flexibility index (Phi) is 5.43. The number of ether oxygens (including phenoxy) is 1. The van der Waals surface area contributed by atoms with Crippen LogP contribution in [0.2, 0.25) is 0 Å². The number of nitrogens with zero attached hydrogens (tertiary/aromatic N) is 4. The second-order valence-corrected chi connectivity index (χ2v) is 5.73. The molecule has 0 saturated heterocycles. The Bertz CT molecular complexity index is 875. The van der Waals surface area contributed by atoms with Crippen LogP contribution in [-0.2, 0) is 4.79 Å². The van der Waals surface area contributed by atoms with Crippen molar-refractivity contribution in [1.82, 2.24) is 20.2 Å². The number of aryl methyl sites for hydroxylation is 1. The van der Waals surface area contributed by atoms with Crippen LogP contribution in [0.25, 0.3) is 5.69 Å². The minimum Gasteiger partial charge on any atom is -0.492 e. The lowest BCUT2D eigenvalue weighted by atomic mass is 10.2. The average Bonchev–Trinajstić information content (AvgIpc) is 3.08. The van der Waals surface area contributed by atoms with E-state index in [2.05, 4.69) is 26.2 Å². The van der Waals surface area contributed by atoms with Crippen LogP contribution in [0.3, 0.4) is 0 Å². The summed E-state index contributed by atoms with van der Waals surface area (Å²) in [5.74, 6) is 1.10. The highest BCUT2D eigenvalue weighted by molar-refractivity contribution is 5.88. The van der Waals surface area contributed by atoms with E-state index < -0.39 is 0 Å². The van der Waals surface area contributed by atoms with Crippen molar-refractivity contribution in [2.24, 2.45) is 0 Å². The van der Waals surface area contributed by atoms with Crippen molar-refractivity contribution in [3.8, 4) is 11.4 Å². The fraction of sp³-hybridized carbons (Fsp3) is 0.222. The molecule has 3 rings (SSSR count). The first-order chi connectivity index (χ1) is 12.6. The summed E-state index contributed by atoms with van der Waals surface area (Å²) in [5.41, 5.74) is 2.75. The number of anilines is 2. The number of rotatable bonds is 7. The van der Waals surface area contributed by atoms with Crippen LogP contribution in [-0.4, -0.2) is 39.3 Å². The van der Waals surface area contributed by atoms with E-state index in [9.17, 15) is 4.79 Å². The van der Waals surface area contributed by atoms with Crippen molar-refractivity contribution in [1.29, 1.82) is 0 Å². The van der Waals surface area contributed by atoms with Crippen LogP contribution >= 0.6 is 0 Å². The lowest BCUT2D eigenvalue weighted by molar-refractivity contribution is -0.114. The van der Waals surface area contributed by atoms with Gasteiger partial charge in [0, 0.05) is 18.7 Å². The molecule has 0 aliphatic heterocycles. The number of aromatic nitrogens is 4. The van der Waals surface area contributed by atoms with Crippen LogP contribution in [0, 0.1) is 6.92 Å². The molecular formula is C18H20N6O2. The van der Waals surface area contributed by atoms with E-state index >= 15 is 0 Å². The van der Waals surface area contributed by atoms with E-state index in [1.807, 2.05) is 49.4 Å². The molecule has 0 fully saturated rings. The zero-order valence-electron chi connectivity index (χ0n) is 14.6. The lowest BCUT2D eigenvalue weighted by Gasteiger charge is -2.10. The van der Waals surface area contributed by atoms with Crippen LogP contribution in [0.1, 0.15) is 12.5 Å². The molecule has 0 spiro atoms. The molecule has 2 N–H and O–H groups in total. The van der Waals surface area contributed by atoms with Gasteiger partial charge >= 0.3 is 0 Å². The highest BCUT2D eigenvalue weighted by atomic mass is 16.5. The highest BCUT2D eigenvalue weighted by Crippen LogP contribution is 2.17. The number of tetrazole rings is 1. The molecule has 1 heterocycles. The second-order valence-electron chi connectivity index (χ2n) is 5.73. The predicted octanol–water partition coefficient (Wildman–Crippen LogP) is 2.42. The van der Waals surface area contributed by atoms with Crippen LogP contribution < -0.4 is 15.4 Å². The molecule has 0 bridgehead atoms. The van der Waals surface area contributed by atoms with Gasteiger partial charge in [0.05, 0.1) is 12.2 Å². The minimum atomic E-state index is -0.119. The third kappa shape index (κ3) is 4.56. The molecule has 2 aromatic carbocycles. The number of benzene rings is 2. The van der Waals surface area contributed by atoms with E-state index in [1.165, 1.54) is 12.5 Å². The van der Waals surface area contributed by atoms with Gasteiger partial charge in [-0.05, 0) is 41.6 Å². The maximum atomic E-state index is 11.1.